The number of aryl methyl sites for hydroxylation is 1. The Labute approximate surface area is 134 Å². The number of hydrogen-bond donors (Lipinski definition) is 2. The molecule has 0 aromatic heterocycles. The van der Waals surface area contributed by atoms with Crippen LogP contribution in [-0.4, -0.2) is 12.5 Å². The Bertz CT molecular complexity index is 624. The maximum Gasteiger partial charge on any atom is 0.238 e. The van der Waals surface area contributed by atoms with Crippen LogP contribution >= 0.6 is 23.2 Å². The summed E-state index contributed by atoms with van der Waals surface area (Å²) >= 11 is 12.0. The Hall–Kier alpha value is -1.55. The van der Waals surface area contributed by atoms with Crippen LogP contribution in [0.4, 0.5) is 5.69 Å². The molecule has 5 heteroatoms. The highest BCUT2D eigenvalue weighted by Crippen LogP contribution is 2.29. The molecule has 0 saturated heterocycles. The van der Waals surface area contributed by atoms with E-state index in [4.69, 9.17) is 23.2 Å². The number of hydrogen-bond acceptors (Lipinski definition) is 2. The molecule has 1 amide bonds. The van der Waals surface area contributed by atoms with Crippen molar-refractivity contribution >= 4 is 34.8 Å². The predicted octanol–water partition coefficient (Wildman–Crippen LogP) is 4.03. The summed E-state index contributed by atoms with van der Waals surface area (Å²) in [5.41, 5.74) is 2.81. The van der Waals surface area contributed by atoms with Crippen LogP contribution in [-0.2, 0) is 11.3 Å². The average Bonchev–Trinajstić information content (AvgIpc) is 2.45. The fourth-order valence-corrected chi connectivity index (χ4v) is 2.41. The largest absolute Gasteiger partial charge is 0.322 e. The molecular formula is C16H16Cl2N2O. The Morgan fingerprint density at radius 3 is 2.38 bits per heavy atom. The highest BCUT2D eigenvalue weighted by atomic mass is 35.5. The molecule has 0 unspecified atom stereocenters. The summed E-state index contributed by atoms with van der Waals surface area (Å²) in [6.07, 6.45) is 0. The summed E-state index contributed by atoms with van der Waals surface area (Å²) in [5.74, 6) is -0.182. The molecule has 0 radical (unpaired) electrons. The molecule has 0 spiro atoms. The molecule has 2 aromatic carbocycles. The van der Waals surface area contributed by atoms with Crippen molar-refractivity contribution in [1.29, 1.82) is 0 Å². The summed E-state index contributed by atoms with van der Waals surface area (Å²) in [7, 11) is 0. The van der Waals surface area contributed by atoms with Gasteiger partial charge in [0, 0.05) is 6.54 Å². The van der Waals surface area contributed by atoms with Gasteiger partial charge in [0.15, 0.2) is 0 Å². The van der Waals surface area contributed by atoms with E-state index >= 15 is 0 Å². The van der Waals surface area contributed by atoms with Crippen molar-refractivity contribution in [2.75, 3.05) is 11.9 Å². The average molecular weight is 323 g/mol. The minimum Gasteiger partial charge on any atom is -0.322 e. The smallest absolute Gasteiger partial charge is 0.238 e. The van der Waals surface area contributed by atoms with Gasteiger partial charge in [0.2, 0.25) is 5.91 Å². The Morgan fingerprint density at radius 2 is 1.71 bits per heavy atom. The van der Waals surface area contributed by atoms with E-state index in [1.165, 1.54) is 11.1 Å². The lowest BCUT2D eigenvalue weighted by atomic mass is 10.1. The second kappa shape index (κ2) is 7.46. The van der Waals surface area contributed by atoms with Gasteiger partial charge >= 0.3 is 0 Å². The van der Waals surface area contributed by atoms with Gasteiger partial charge in [-0.3, -0.25) is 4.79 Å². The molecule has 0 atom stereocenters. The first-order chi connectivity index (χ1) is 10.1. The summed E-state index contributed by atoms with van der Waals surface area (Å²) in [4.78, 5) is 11.9. The third-order valence-electron chi connectivity index (χ3n) is 3.09. The van der Waals surface area contributed by atoms with E-state index in [1.54, 1.807) is 18.2 Å². The van der Waals surface area contributed by atoms with Gasteiger partial charge in [-0.25, -0.2) is 0 Å². The van der Waals surface area contributed by atoms with Crippen LogP contribution in [0.2, 0.25) is 10.0 Å². The Morgan fingerprint density at radius 1 is 1.05 bits per heavy atom. The molecule has 0 heterocycles. The van der Waals surface area contributed by atoms with Gasteiger partial charge in [-0.2, -0.15) is 0 Å². The van der Waals surface area contributed by atoms with Crippen LogP contribution < -0.4 is 10.6 Å². The molecule has 0 bridgehead atoms. The highest BCUT2D eigenvalue weighted by molar-refractivity contribution is 6.39. The molecule has 3 nitrogen and oxygen atoms in total. The number of halogens is 2. The second-order valence-electron chi connectivity index (χ2n) is 4.67. The third kappa shape index (κ3) is 4.46. The maximum absolute atomic E-state index is 11.9. The minimum atomic E-state index is -0.182. The van der Waals surface area contributed by atoms with Crippen LogP contribution in [0.3, 0.4) is 0 Å². The van der Waals surface area contributed by atoms with Crippen molar-refractivity contribution in [3.8, 4) is 0 Å². The van der Waals surface area contributed by atoms with Crippen molar-refractivity contribution in [3.05, 3.63) is 63.6 Å². The first-order valence-corrected chi connectivity index (χ1v) is 7.32. The summed E-state index contributed by atoms with van der Waals surface area (Å²) in [6.45, 7) is 2.87. The van der Waals surface area contributed by atoms with Gasteiger partial charge in [-0.1, -0.05) is 53.5 Å². The fraction of sp³-hybridized carbons (Fsp3) is 0.188. The first kappa shape index (κ1) is 15.8. The zero-order valence-electron chi connectivity index (χ0n) is 11.6. The normalized spacial score (nSPS) is 10.4. The number of nitrogens with one attached hydrogen (secondary N) is 2. The Kier molecular flexibility index (Phi) is 5.62. The van der Waals surface area contributed by atoms with E-state index in [2.05, 4.69) is 10.6 Å². The van der Waals surface area contributed by atoms with Crippen molar-refractivity contribution in [1.82, 2.24) is 5.32 Å². The van der Waals surface area contributed by atoms with Gasteiger partial charge < -0.3 is 10.6 Å². The van der Waals surface area contributed by atoms with Gasteiger partial charge in [0.25, 0.3) is 0 Å². The van der Waals surface area contributed by atoms with Crippen LogP contribution in [0, 0.1) is 6.92 Å². The molecule has 2 rings (SSSR count). The molecule has 110 valence electrons. The van der Waals surface area contributed by atoms with Crippen LogP contribution in [0.5, 0.6) is 0 Å². The van der Waals surface area contributed by atoms with E-state index in [9.17, 15) is 4.79 Å². The number of anilines is 1. The summed E-state index contributed by atoms with van der Waals surface area (Å²) in [5, 5.41) is 6.67. The van der Waals surface area contributed by atoms with Crippen molar-refractivity contribution in [2.24, 2.45) is 0 Å². The van der Waals surface area contributed by atoms with Crippen molar-refractivity contribution < 1.29 is 4.79 Å². The van der Waals surface area contributed by atoms with Crippen molar-refractivity contribution in [3.63, 3.8) is 0 Å². The minimum absolute atomic E-state index is 0.182. The van der Waals surface area contributed by atoms with Gasteiger partial charge in [-0.05, 0) is 30.2 Å². The van der Waals surface area contributed by atoms with E-state index in [-0.39, 0.29) is 12.5 Å². The number of carbonyl (C=O) groups excluding carboxylic acids is 1. The summed E-state index contributed by atoms with van der Waals surface area (Å²) < 4.78 is 0. The molecule has 0 aliphatic carbocycles. The van der Waals surface area contributed by atoms with Crippen LogP contribution in [0.15, 0.2) is 42.5 Å². The predicted molar refractivity (Wildman–Crippen MR) is 88.0 cm³/mol. The second-order valence-corrected chi connectivity index (χ2v) is 5.49. The number of benzene rings is 2. The zero-order chi connectivity index (χ0) is 15.2. The van der Waals surface area contributed by atoms with E-state index < -0.39 is 0 Å². The number of carbonyl (C=O) groups is 1. The number of para-hydroxylation sites is 1. The number of rotatable bonds is 5. The molecule has 21 heavy (non-hydrogen) atoms. The van der Waals surface area contributed by atoms with Gasteiger partial charge in [0.05, 0.1) is 22.3 Å². The van der Waals surface area contributed by atoms with Crippen LogP contribution in [0.25, 0.3) is 0 Å². The monoisotopic (exact) mass is 322 g/mol. The lowest BCUT2D eigenvalue weighted by molar-refractivity contribution is -0.115. The first-order valence-electron chi connectivity index (χ1n) is 6.57. The molecule has 0 fully saturated rings. The van der Waals surface area contributed by atoms with Gasteiger partial charge in [0.1, 0.15) is 0 Å². The summed E-state index contributed by atoms with van der Waals surface area (Å²) in [6, 6.07) is 13.1. The topological polar surface area (TPSA) is 41.1 Å². The SMILES string of the molecule is Cc1ccccc1CNCC(=O)Nc1c(Cl)cccc1Cl. The fourth-order valence-electron chi connectivity index (χ4n) is 1.92. The standard InChI is InChI=1S/C16H16Cl2N2O/c1-11-5-2-3-6-12(11)9-19-10-15(21)20-16-13(17)7-4-8-14(16)18/h2-8,19H,9-10H2,1H3,(H,20,21). The lowest BCUT2D eigenvalue weighted by Crippen LogP contribution is -2.28. The molecular weight excluding hydrogens is 307 g/mol. The maximum atomic E-state index is 11.9. The lowest BCUT2D eigenvalue weighted by Gasteiger charge is -2.10. The van der Waals surface area contributed by atoms with E-state index in [1.807, 2.05) is 31.2 Å². The van der Waals surface area contributed by atoms with E-state index in [0.29, 0.717) is 22.3 Å². The highest BCUT2D eigenvalue weighted by Gasteiger charge is 2.09. The molecule has 2 aromatic rings. The molecule has 2 N–H and O–H groups in total. The Balaban J connectivity index is 1.87. The zero-order valence-corrected chi connectivity index (χ0v) is 13.1. The molecule has 0 aliphatic rings. The third-order valence-corrected chi connectivity index (χ3v) is 3.72. The van der Waals surface area contributed by atoms with Crippen molar-refractivity contribution in [2.45, 2.75) is 13.5 Å². The molecule has 0 aliphatic heterocycles. The molecule has 0 saturated carbocycles. The quantitative estimate of drug-likeness (QED) is 0.872. The number of amides is 1. The van der Waals surface area contributed by atoms with E-state index in [0.717, 1.165) is 0 Å². The van der Waals surface area contributed by atoms with Gasteiger partial charge in [-0.15, -0.1) is 0 Å². The van der Waals surface area contributed by atoms with Crippen LogP contribution in [0.1, 0.15) is 11.1 Å².